The van der Waals surface area contributed by atoms with E-state index in [0.717, 1.165) is 26.1 Å². The van der Waals surface area contributed by atoms with Crippen LogP contribution in [0.1, 0.15) is 39.5 Å². The van der Waals surface area contributed by atoms with Crippen LogP contribution >= 0.6 is 0 Å². The molecule has 1 saturated heterocycles. The van der Waals surface area contributed by atoms with Crippen molar-refractivity contribution in [2.45, 2.75) is 45.1 Å². The first-order chi connectivity index (χ1) is 7.56. The van der Waals surface area contributed by atoms with Crippen LogP contribution in [0.15, 0.2) is 0 Å². The number of likely N-dealkylation sites (tertiary alicyclic amines) is 1. The molecule has 0 saturated carbocycles. The molecule has 0 spiro atoms. The highest BCUT2D eigenvalue weighted by atomic mass is 16.4. The van der Waals surface area contributed by atoms with Gasteiger partial charge in [-0.3, -0.25) is 4.79 Å². The predicted molar refractivity (Wildman–Crippen MR) is 64.6 cm³/mol. The second kappa shape index (κ2) is 6.21. The summed E-state index contributed by atoms with van der Waals surface area (Å²) < 4.78 is 0. The van der Waals surface area contributed by atoms with Crippen LogP contribution in [0, 0.1) is 0 Å². The lowest BCUT2D eigenvalue weighted by atomic mass is 10.0. The van der Waals surface area contributed by atoms with Gasteiger partial charge in [-0.25, -0.2) is 0 Å². The molecule has 2 N–H and O–H groups in total. The van der Waals surface area contributed by atoms with Gasteiger partial charge in [0.1, 0.15) is 0 Å². The molecular formula is C12H24N2O2. The van der Waals surface area contributed by atoms with Gasteiger partial charge in [0.2, 0.25) is 0 Å². The van der Waals surface area contributed by atoms with E-state index < -0.39 is 5.97 Å². The largest absolute Gasteiger partial charge is 0.480 e. The van der Waals surface area contributed by atoms with E-state index in [1.54, 1.807) is 0 Å². The molecule has 16 heavy (non-hydrogen) atoms. The maximum Gasteiger partial charge on any atom is 0.317 e. The molecule has 0 unspecified atom stereocenters. The van der Waals surface area contributed by atoms with Crippen molar-refractivity contribution in [1.82, 2.24) is 10.2 Å². The summed E-state index contributed by atoms with van der Waals surface area (Å²) in [6, 6.07) is 0. The monoisotopic (exact) mass is 228 g/mol. The Kier molecular flexibility index (Phi) is 5.22. The predicted octanol–water partition coefficient (Wildman–Crippen LogP) is 1.32. The fourth-order valence-corrected chi connectivity index (χ4v) is 2.27. The van der Waals surface area contributed by atoms with E-state index in [1.807, 2.05) is 0 Å². The van der Waals surface area contributed by atoms with Crippen molar-refractivity contribution >= 4 is 5.97 Å². The van der Waals surface area contributed by atoms with E-state index in [0.29, 0.717) is 0 Å². The SMILES string of the molecule is CCCCCN1CC[C@](C)(NCC(=O)O)C1. The number of hydrogen-bond donors (Lipinski definition) is 2. The number of unbranched alkanes of at least 4 members (excludes halogenated alkanes) is 2. The highest BCUT2D eigenvalue weighted by Crippen LogP contribution is 2.20. The third kappa shape index (κ3) is 4.49. The summed E-state index contributed by atoms with van der Waals surface area (Å²) in [6.07, 6.45) is 4.84. The fraction of sp³-hybridized carbons (Fsp3) is 0.917. The summed E-state index contributed by atoms with van der Waals surface area (Å²) in [4.78, 5) is 12.9. The third-order valence-corrected chi connectivity index (χ3v) is 3.30. The van der Waals surface area contributed by atoms with Crippen molar-refractivity contribution in [3.63, 3.8) is 0 Å². The van der Waals surface area contributed by atoms with Crippen LogP contribution in [-0.4, -0.2) is 47.7 Å². The van der Waals surface area contributed by atoms with Gasteiger partial charge in [0.25, 0.3) is 0 Å². The van der Waals surface area contributed by atoms with E-state index in [4.69, 9.17) is 5.11 Å². The minimum absolute atomic E-state index is 0.00932. The molecule has 0 amide bonds. The van der Waals surface area contributed by atoms with Crippen LogP contribution in [0.5, 0.6) is 0 Å². The van der Waals surface area contributed by atoms with Crippen LogP contribution in [0.2, 0.25) is 0 Å². The molecule has 0 aliphatic carbocycles. The van der Waals surface area contributed by atoms with Gasteiger partial charge in [-0.2, -0.15) is 0 Å². The quantitative estimate of drug-likeness (QED) is 0.645. The Morgan fingerprint density at radius 2 is 2.25 bits per heavy atom. The highest BCUT2D eigenvalue weighted by Gasteiger charge is 2.33. The summed E-state index contributed by atoms with van der Waals surface area (Å²) in [5, 5.41) is 11.8. The fourth-order valence-electron chi connectivity index (χ4n) is 2.27. The van der Waals surface area contributed by atoms with Gasteiger partial charge in [0.05, 0.1) is 6.54 Å². The summed E-state index contributed by atoms with van der Waals surface area (Å²) in [5.41, 5.74) is -0.00932. The van der Waals surface area contributed by atoms with Gasteiger partial charge in [-0.15, -0.1) is 0 Å². The number of carbonyl (C=O) groups is 1. The maximum atomic E-state index is 10.5. The lowest BCUT2D eigenvalue weighted by Crippen LogP contribution is -2.47. The van der Waals surface area contributed by atoms with Crippen molar-refractivity contribution in [1.29, 1.82) is 0 Å². The normalized spacial score (nSPS) is 26.1. The minimum atomic E-state index is -0.773. The zero-order valence-electron chi connectivity index (χ0n) is 10.5. The van der Waals surface area contributed by atoms with E-state index in [-0.39, 0.29) is 12.1 Å². The van der Waals surface area contributed by atoms with Crippen LogP contribution < -0.4 is 5.32 Å². The number of aliphatic carboxylic acids is 1. The van der Waals surface area contributed by atoms with Crippen molar-refractivity contribution in [3.8, 4) is 0 Å². The molecule has 1 aliphatic heterocycles. The first-order valence-corrected chi connectivity index (χ1v) is 6.25. The third-order valence-electron chi connectivity index (χ3n) is 3.30. The van der Waals surface area contributed by atoms with Crippen LogP contribution in [0.3, 0.4) is 0 Å². The van der Waals surface area contributed by atoms with Gasteiger partial charge in [-0.1, -0.05) is 19.8 Å². The zero-order valence-corrected chi connectivity index (χ0v) is 10.5. The van der Waals surface area contributed by atoms with E-state index in [1.165, 1.54) is 19.3 Å². The molecule has 4 nitrogen and oxygen atoms in total. The highest BCUT2D eigenvalue weighted by molar-refractivity contribution is 5.69. The summed E-state index contributed by atoms with van der Waals surface area (Å²) in [5.74, 6) is -0.773. The standard InChI is InChI=1S/C12H24N2O2/c1-3-4-5-7-14-8-6-12(2,10-14)13-9-11(15)16/h13H,3-10H2,1-2H3,(H,15,16)/t12-/m0/s1. The van der Waals surface area contributed by atoms with Crippen molar-refractivity contribution in [2.75, 3.05) is 26.2 Å². The topological polar surface area (TPSA) is 52.6 Å². The van der Waals surface area contributed by atoms with E-state index >= 15 is 0 Å². The van der Waals surface area contributed by atoms with Crippen LogP contribution in [0.25, 0.3) is 0 Å². The van der Waals surface area contributed by atoms with E-state index in [2.05, 4.69) is 24.1 Å². The molecule has 1 heterocycles. The number of rotatable bonds is 7. The second-order valence-electron chi connectivity index (χ2n) is 5.04. The Hall–Kier alpha value is -0.610. The van der Waals surface area contributed by atoms with Crippen molar-refractivity contribution < 1.29 is 9.90 Å². The second-order valence-corrected chi connectivity index (χ2v) is 5.04. The van der Waals surface area contributed by atoms with Gasteiger partial charge in [-0.05, 0) is 26.3 Å². The number of nitrogens with zero attached hydrogens (tertiary/aromatic N) is 1. The van der Waals surface area contributed by atoms with Gasteiger partial charge in [0, 0.05) is 18.6 Å². The first kappa shape index (κ1) is 13.5. The van der Waals surface area contributed by atoms with Crippen LogP contribution in [-0.2, 0) is 4.79 Å². The molecule has 0 radical (unpaired) electrons. The average molecular weight is 228 g/mol. The average Bonchev–Trinajstić information content (AvgIpc) is 2.59. The molecule has 4 heteroatoms. The first-order valence-electron chi connectivity index (χ1n) is 6.25. The Balaban J connectivity index is 2.24. The molecule has 1 atom stereocenters. The minimum Gasteiger partial charge on any atom is -0.480 e. The van der Waals surface area contributed by atoms with Gasteiger partial charge >= 0.3 is 5.97 Å². The van der Waals surface area contributed by atoms with Crippen LogP contribution in [0.4, 0.5) is 0 Å². The molecule has 1 aliphatic rings. The summed E-state index contributed by atoms with van der Waals surface area (Å²) in [7, 11) is 0. The number of carboxylic acids is 1. The lowest BCUT2D eigenvalue weighted by Gasteiger charge is -2.25. The maximum absolute atomic E-state index is 10.5. The number of carboxylic acid groups (broad SMARTS) is 1. The number of hydrogen-bond acceptors (Lipinski definition) is 3. The van der Waals surface area contributed by atoms with E-state index in [9.17, 15) is 4.79 Å². The Morgan fingerprint density at radius 1 is 1.50 bits per heavy atom. The zero-order chi connectivity index (χ0) is 12.0. The Bertz CT molecular complexity index is 233. The van der Waals surface area contributed by atoms with Gasteiger partial charge in [0.15, 0.2) is 0 Å². The molecule has 0 aromatic heterocycles. The van der Waals surface area contributed by atoms with Gasteiger partial charge < -0.3 is 15.3 Å². The lowest BCUT2D eigenvalue weighted by molar-refractivity contribution is -0.136. The summed E-state index contributed by atoms with van der Waals surface area (Å²) >= 11 is 0. The Labute approximate surface area is 98.0 Å². The molecule has 1 fully saturated rings. The molecule has 0 aromatic rings. The molecular weight excluding hydrogens is 204 g/mol. The molecule has 1 rings (SSSR count). The molecule has 94 valence electrons. The molecule has 0 aromatic carbocycles. The Morgan fingerprint density at radius 3 is 2.88 bits per heavy atom. The summed E-state index contributed by atoms with van der Waals surface area (Å²) in [6.45, 7) is 7.62. The molecule has 0 bridgehead atoms. The smallest absolute Gasteiger partial charge is 0.317 e. The van der Waals surface area contributed by atoms with Crippen molar-refractivity contribution in [2.24, 2.45) is 0 Å². The van der Waals surface area contributed by atoms with Crippen molar-refractivity contribution in [3.05, 3.63) is 0 Å². The number of nitrogens with one attached hydrogen (secondary N) is 1.